The summed E-state index contributed by atoms with van der Waals surface area (Å²) in [5.41, 5.74) is 11.4. The molecule has 3 aromatic heterocycles. The van der Waals surface area contributed by atoms with Gasteiger partial charge in [-0.05, 0) is 46.0 Å². The predicted molar refractivity (Wildman–Crippen MR) is 203 cm³/mol. The topological polar surface area (TPSA) is 64.5 Å². The van der Waals surface area contributed by atoms with E-state index in [4.69, 9.17) is 19.9 Å². The minimum Gasteiger partial charge on any atom is -0.254 e. The van der Waals surface area contributed by atoms with E-state index in [2.05, 4.69) is 126 Å². The van der Waals surface area contributed by atoms with E-state index in [9.17, 15) is 0 Å². The Morgan fingerprint density at radius 2 is 0.760 bits per heavy atom. The molecule has 0 saturated carbocycles. The van der Waals surface area contributed by atoms with Gasteiger partial charge in [0.2, 0.25) is 0 Å². The monoisotopic (exact) mass is 639 g/mol. The lowest BCUT2D eigenvalue weighted by atomic mass is 9.99. The zero-order chi connectivity index (χ0) is 33.3. The summed E-state index contributed by atoms with van der Waals surface area (Å²) in [4.78, 5) is 24.2. The molecular formula is C45H29N5. The van der Waals surface area contributed by atoms with Crippen LogP contribution in [0.3, 0.4) is 0 Å². The maximum atomic E-state index is 4.99. The number of benzene rings is 6. The van der Waals surface area contributed by atoms with Crippen molar-refractivity contribution in [1.82, 2.24) is 24.9 Å². The lowest BCUT2D eigenvalue weighted by Gasteiger charge is -2.10. The van der Waals surface area contributed by atoms with E-state index in [1.54, 1.807) is 0 Å². The van der Waals surface area contributed by atoms with Crippen LogP contribution in [0.15, 0.2) is 176 Å². The number of rotatable bonds is 6. The number of hydrogen-bond acceptors (Lipinski definition) is 5. The van der Waals surface area contributed by atoms with Crippen molar-refractivity contribution in [2.45, 2.75) is 0 Å². The van der Waals surface area contributed by atoms with E-state index in [1.807, 2.05) is 54.9 Å². The van der Waals surface area contributed by atoms with Crippen LogP contribution < -0.4 is 0 Å². The molecule has 50 heavy (non-hydrogen) atoms. The Kier molecular flexibility index (Phi) is 7.41. The highest BCUT2D eigenvalue weighted by Gasteiger charge is 2.14. The van der Waals surface area contributed by atoms with Gasteiger partial charge in [-0.15, -0.1) is 0 Å². The fourth-order valence-electron chi connectivity index (χ4n) is 6.38. The van der Waals surface area contributed by atoms with Crippen LogP contribution in [-0.4, -0.2) is 24.9 Å². The molecule has 0 amide bonds. The fourth-order valence-corrected chi connectivity index (χ4v) is 6.38. The normalized spacial score (nSPS) is 11.2. The first-order chi connectivity index (χ1) is 24.7. The third kappa shape index (κ3) is 5.67. The number of pyridine rings is 2. The summed E-state index contributed by atoms with van der Waals surface area (Å²) >= 11 is 0. The van der Waals surface area contributed by atoms with Crippen LogP contribution in [0.5, 0.6) is 0 Å². The van der Waals surface area contributed by atoms with Crippen molar-refractivity contribution in [1.29, 1.82) is 0 Å². The Balaban J connectivity index is 1.03. The van der Waals surface area contributed by atoms with Gasteiger partial charge in [0, 0.05) is 45.4 Å². The SMILES string of the molecule is c1ccc(-c2cccc(-c3nc(-c4ccccc4)nc(-c4ccc(-c5ccc(-c6cnc7c(ccc8cccnc87)c6)cc5)cc4)n3)c2)cc1. The molecule has 234 valence electrons. The largest absolute Gasteiger partial charge is 0.254 e. The van der Waals surface area contributed by atoms with E-state index in [0.717, 1.165) is 71.9 Å². The number of hydrogen-bond donors (Lipinski definition) is 0. The summed E-state index contributed by atoms with van der Waals surface area (Å²) in [5.74, 6) is 1.91. The molecule has 0 N–H and O–H groups in total. The van der Waals surface area contributed by atoms with Crippen molar-refractivity contribution in [2.24, 2.45) is 0 Å². The Labute approximate surface area is 289 Å². The summed E-state index contributed by atoms with van der Waals surface area (Å²) in [6.45, 7) is 0. The van der Waals surface area contributed by atoms with Crippen molar-refractivity contribution >= 4 is 21.8 Å². The van der Waals surface area contributed by atoms with E-state index in [1.165, 1.54) is 0 Å². The van der Waals surface area contributed by atoms with Crippen molar-refractivity contribution in [3.8, 4) is 67.5 Å². The Morgan fingerprint density at radius 1 is 0.280 bits per heavy atom. The lowest BCUT2D eigenvalue weighted by molar-refractivity contribution is 1.07. The van der Waals surface area contributed by atoms with Gasteiger partial charge < -0.3 is 0 Å². The molecular weight excluding hydrogens is 611 g/mol. The second-order valence-electron chi connectivity index (χ2n) is 12.2. The third-order valence-corrected chi connectivity index (χ3v) is 9.01. The molecule has 9 rings (SSSR count). The van der Waals surface area contributed by atoms with Gasteiger partial charge >= 0.3 is 0 Å². The summed E-state index contributed by atoms with van der Waals surface area (Å²) < 4.78 is 0. The molecule has 0 aliphatic carbocycles. The van der Waals surface area contributed by atoms with Gasteiger partial charge in [0.15, 0.2) is 17.5 Å². The van der Waals surface area contributed by atoms with Crippen LogP contribution in [0.2, 0.25) is 0 Å². The number of nitrogens with zero attached hydrogens (tertiary/aromatic N) is 5. The summed E-state index contributed by atoms with van der Waals surface area (Å²) in [7, 11) is 0. The number of fused-ring (bicyclic) bond motifs is 3. The average Bonchev–Trinajstić information content (AvgIpc) is 3.21. The molecule has 0 spiro atoms. The molecule has 0 radical (unpaired) electrons. The van der Waals surface area contributed by atoms with Crippen molar-refractivity contribution in [3.63, 3.8) is 0 Å². The zero-order valence-electron chi connectivity index (χ0n) is 27.0. The van der Waals surface area contributed by atoms with Gasteiger partial charge in [0.25, 0.3) is 0 Å². The first-order valence-electron chi connectivity index (χ1n) is 16.6. The van der Waals surface area contributed by atoms with Crippen LogP contribution >= 0.6 is 0 Å². The van der Waals surface area contributed by atoms with E-state index < -0.39 is 0 Å². The second kappa shape index (κ2) is 12.6. The minimum atomic E-state index is 0.632. The van der Waals surface area contributed by atoms with Gasteiger partial charge in [-0.3, -0.25) is 9.97 Å². The summed E-state index contributed by atoms with van der Waals surface area (Å²) in [5, 5.41) is 2.17. The predicted octanol–water partition coefficient (Wildman–Crippen LogP) is 11.0. The molecule has 0 saturated heterocycles. The maximum absolute atomic E-state index is 4.99. The van der Waals surface area contributed by atoms with Crippen LogP contribution in [-0.2, 0) is 0 Å². The van der Waals surface area contributed by atoms with Crippen molar-refractivity contribution < 1.29 is 0 Å². The van der Waals surface area contributed by atoms with E-state index in [0.29, 0.717) is 17.5 Å². The molecule has 9 aromatic rings. The molecule has 0 unspecified atom stereocenters. The lowest BCUT2D eigenvalue weighted by Crippen LogP contribution is -2.00. The molecule has 6 aromatic carbocycles. The Hall–Kier alpha value is -6.85. The van der Waals surface area contributed by atoms with Gasteiger partial charge in [-0.2, -0.15) is 0 Å². The van der Waals surface area contributed by atoms with Gasteiger partial charge in [0.05, 0.1) is 11.0 Å². The Bertz CT molecular complexity index is 2620. The molecule has 3 heterocycles. The Morgan fingerprint density at radius 3 is 1.44 bits per heavy atom. The highest BCUT2D eigenvalue weighted by atomic mass is 15.0. The summed E-state index contributed by atoms with van der Waals surface area (Å²) in [6.07, 6.45) is 3.75. The zero-order valence-corrected chi connectivity index (χ0v) is 27.0. The highest BCUT2D eigenvalue weighted by Crippen LogP contribution is 2.31. The average molecular weight is 640 g/mol. The van der Waals surface area contributed by atoms with E-state index in [-0.39, 0.29) is 0 Å². The van der Waals surface area contributed by atoms with Gasteiger partial charge in [-0.1, -0.05) is 146 Å². The molecule has 0 fully saturated rings. The maximum Gasteiger partial charge on any atom is 0.164 e. The van der Waals surface area contributed by atoms with Gasteiger partial charge in [-0.25, -0.2) is 15.0 Å². The quantitative estimate of drug-likeness (QED) is 0.169. The molecule has 0 atom stereocenters. The number of aromatic nitrogens is 5. The smallest absolute Gasteiger partial charge is 0.164 e. The fraction of sp³-hybridized carbons (Fsp3) is 0. The standard InChI is InChI=1S/C45H29N5/c1-3-9-30(10-4-1)37-13-7-14-39(27-37)45-49-43(35-11-5-2-6-12-35)48-44(50-45)36-23-20-32(21-24-36)31-16-18-33(19-17-31)40-28-38-25-22-34-15-8-26-46-41(34)42(38)47-29-40/h1-29H. The highest BCUT2D eigenvalue weighted by molar-refractivity contribution is 6.03. The third-order valence-electron chi connectivity index (χ3n) is 9.01. The van der Waals surface area contributed by atoms with Crippen LogP contribution in [0, 0.1) is 0 Å². The van der Waals surface area contributed by atoms with Crippen LogP contribution in [0.4, 0.5) is 0 Å². The van der Waals surface area contributed by atoms with Crippen molar-refractivity contribution in [3.05, 3.63) is 176 Å². The molecule has 0 aliphatic heterocycles. The molecule has 5 heteroatoms. The minimum absolute atomic E-state index is 0.632. The molecule has 5 nitrogen and oxygen atoms in total. The van der Waals surface area contributed by atoms with Gasteiger partial charge in [0.1, 0.15) is 0 Å². The molecule has 0 aliphatic rings. The second-order valence-corrected chi connectivity index (χ2v) is 12.2. The van der Waals surface area contributed by atoms with E-state index >= 15 is 0 Å². The first kappa shape index (κ1) is 29.3. The van der Waals surface area contributed by atoms with Crippen LogP contribution in [0.25, 0.3) is 89.4 Å². The van der Waals surface area contributed by atoms with Crippen LogP contribution in [0.1, 0.15) is 0 Å². The molecule has 0 bridgehead atoms. The first-order valence-corrected chi connectivity index (χ1v) is 16.6. The van der Waals surface area contributed by atoms with Crippen molar-refractivity contribution in [2.75, 3.05) is 0 Å². The summed E-state index contributed by atoms with van der Waals surface area (Å²) in [6, 6.07) is 56.3.